The van der Waals surface area contributed by atoms with E-state index in [1.165, 1.54) is 11.3 Å². The van der Waals surface area contributed by atoms with E-state index in [0.717, 1.165) is 27.2 Å². The van der Waals surface area contributed by atoms with Gasteiger partial charge in [0.2, 0.25) is 10.0 Å². The van der Waals surface area contributed by atoms with Crippen molar-refractivity contribution in [2.75, 3.05) is 13.1 Å². The van der Waals surface area contributed by atoms with Crippen molar-refractivity contribution >= 4 is 44.5 Å². The lowest BCUT2D eigenvalue weighted by Gasteiger charge is -2.19. The fourth-order valence-corrected chi connectivity index (χ4v) is 5.14. The lowest BCUT2D eigenvalue weighted by atomic mass is 10.1. The predicted molar refractivity (Wildman–Crippen MR) is 127 cm³/mol. The van der Waals surface area contributed by atoms with Crippen LogP contribution in [0.3, 0.4) is 0 Å². The number of amides is 1. The van der Waals surface area contributed by atoms with Gasteiger partial charge in [0, 0.05) is 40.8 Å². The van der Waals surface area contributed by atoms with Crippen LogP contribution in [-0.2, 0) is 19.6 Å². The highest BCUT2D eigenvalue weighted by atomic mass is 32.2. The Kier molecular flexibility index (Phi) is 9.09. The Morgan fingerprint density at radius 3 is 2.39 bits per heavy atom. The Labute approximate surface area is 208 Å². The molecule has 198 valence electrons. The number of aryl methyl sites for hydroxylation is 1. The van der Waals surface area contributed by atoms with E-state index < -0.39 is 33.9 Å². The number of alkyl halides is 3. The van der Waals surface area contributed by atoms with Gasteiger partial charge < -0.3 is 20.1 Å². The summed E-state index contributed by atoms with van der Waals surface area (Å²) in [5.74, 6) is -2.76. The lowest BCUT2D eigenvalue weighted by molar-refractivity contribution is -0.192. The van der Waals surface area contributed by atoms with Gasteiger partial charge in [0.25, 0.3) is 0 Å². The van der Waals surface area contributed by atoms with Crippen LogP contribution in [0, 0.1) is 6.92 Å². The number of carboxylic acids is 1. The summed E-state index contributed by atoms with van der Waals surface area (Å²) in [7, 11) is -3.68. The molecule has 4 N–H and O–H groups in total. The van der Waals surface area contributed by atoms with Gasteiger partial charge >= 0.3 is 18.2 Å². The van der Waals surface area contributed by atoms with Crippen LogP contribution in [0.5, 0.6) is 0 Å². The van der Waals surface area contributed by atoms with Gasteiger partial charge in [-0.1, -0.05) is 0 Å². The molecule has 0 bridgehead atoms. The van der Waals surface area contributed by atoms with Crippen LogP contribution in [0.1, 0.15) is 26.5 Å². The van der Waals surface area contributed by atoms with E-state index in [2.05, 4.69) is 20.0 Å². The molecule has 3 aromatic rings. The molecular formula is C21H25F3N4O6S2. The summed E-state index contributed by atoms with van der Waals surface area (Å²) in [5.41, 5.74) is 2.08. The number of aliphatic carboxylic acids is 1. The highest BCUT2D eigenvalue weighted by molar-refractivity contribution is 7.91. The van der Waals surface area contributed by atoms with Crippen molar-refractivity contribution in [3.63, 3.8) is 0 Å². The van der Waals surface area contributed by atoms with Gasteiger partial charge in [-0.15, -0.1) is 11.3 Å². The molecule has 0 spiro atoms. The first-order chi connectivity index (χ1) is 16.5. The Hall–Kier alpha value is -3.17. The SMILES string of the molecule is Cc1cc2c(-c3ccc(S(=O)(=O)NCCNC(=O)OC(C)(C)C)s3)ccnc2[nH]1.O=C(O)C(F)(F)F. The molecule has 1 amide bonds. The zero-order valence-corrected chi connectivity index (χ0v) is 21.3. The fourth-order valence-electron chi connectivity index (χ4n) is 2.72. The van der Waals surface area contributed by atoms with Crippen molar-refractivity contribution < 1.29 is 41.0 Å². The summed E-state index contributed by atoms with van der Waals surface area (Å²) in [6, 6.07) is 7.23. The molecule has 15 heteroatoms. The van der Waals surface area contributed by atoms with Crippen molar-refractivity contribution in [1.29, 1.82) is 0 Å². The van der Waals surface area contributed by atoms with E-state index in [-0.39, 0.29) is 17.3 Å². The fraction of sp³-hybridized carbons (Fsp3) is 0.381. The number of nitrogens with one attached hydrogen (secondary N) is 3. The number of aromatic nitrogens is 2. The summed E-state index contributed by atoms with van der Waals surface area (Å²) in [6.07, 6.45) is -3.97. The number of alkyl carbamates (subject to hydrolysis) is 1. The summed E-state index contributed by atoms with van der Waals surface area (Å²) in [6.45, 7) is 7.41. The van der Waals surface area contributed by atoms with Gasteiger partial charge in [-0.25, -0.2) is 27.7 Å². The van der Waals surface area contributed by atoms with Gasteiger partial charge in [-0.05, 0) is 52.0 Å². The molecule has 3 rings (SSSR count). The molecule has 0 saturated heterocycles. The molecule has 0 aliphatic rings. The molecule has 0 fully saturated rings. The molecule has 0 aliphatic heterocycles. The summed E-state index contributed by atoms with van der Waals surface area (Å²) < 4.78 is 64.7. The normalized spacial score (nSPS) is 12.1. The van der Waals surface area contributed by atoms with Crippen LogP contribution in [0.4, 0.5) is 18.0 Å². The molecule has 0 saturated carbocycles. The van der Waals surface area contributed by atoms with Crippen LogP contribution in [0.25, 0.3) is 21.5 Å². The van der Waals surface area contributed by atoms with Gasteiger partial charge in [0.05, 0.1) is 0 Å². The van der Waals surface area contributed by atoms with Crippen LogP contribution in [0.15, 0.2) is 34.7 Å². The topological polar surface area (TPSA) is 150 Å². The molecule has 36 heavy (non-hydrogen) atoms. The van der Waals surface area contributed by atoms with E-state index in [0.29, 0.717) is 0 Å². The molecule has 3 heterocycles. The number of H-pyrrole nitrogens is 1. The van der Waals surface area contributed by atoms with E-state index in [1.54, 1.807) is 39.1 Å². The first-order valence-corrected chi connectivity index (χ1v) is 12.6. The highest BCUT2D eigenvalue weighted by Crippen LogP contribution is 2.34. The lowest BCUT2D eigenvalue weighted by Crippen LogP contribution is -2.37. The molecule has 0 atom stereocenters. The second-order valence-electron chi connectivity index (χ2n) is 8.32. The average Bonchev–Trinajstić information content (AvgIpc) is 3.36. The number of halogens is 3. The zero-order valence-electron chi connectivity index (χ0n) is 19.7. The number of ether oxygens (including phenoxy) is 1. The standard InChI is InChI=1S/C19H24N4O4S2.C2HF3O2/c1-12-11-14-13(7-8-20-17(14)23-12)15-5-6-16(28-15)29(25,26)22-10-9-21-18(24)27-19(2,3)4;3-2(4,5)1(6)7/h5-8,11,22H,9-10H2,1-4H3,(H,20,23)(H,21,24);(H,6,7). The van der Waals surface area contributed by atoms with Crippen LogP contribution in [-0.4, -0.2) is 60.4 Å². The minimum absolute atomic E-state index is 0.0608. The number of hydrogen-bond donors (Lipinski definition) is 4. The summed E-state index contributed by atoms with van der Waals surface area (Å²) in [5, 5.41) is 10.6. The number of pyridine rings is 1. The Balaban J connectivity index is 0.000000572. The van der Waals surface area contributed by atoms with Gasteiger partial charge in [-0.3, -0.25) is 0 Å². The second-order valence-corrected chi connectivity index (χ2v) is 11.4. The van der Waals surface area contributed by atoms with E-state index in [1.807, 2.05) is 19.1 Å². The van der Waals surface area contributed by atoms with Crippen molar-refractivity contribution in [3.8, 4) is 10.4 Å². The minimum Gasteiger partial charge on any atom is -0.475 e. The van der Waals surface area contributed by atoms with Gasteiger partial charge in [0.1, 0.15) is 15.5 Å². The minimum atomic E-state index is -5.08. The molecule has 3 aromatic heterocycles. The monoisotopic (exact) mass is 550 g/mol. The largest absolute Gasteiger partial charge is 0.490 e. The van der Waals surface area contributed by atoms with Crippen molar-refractivity contribution in [2.45, 2.75) is 43.7 Å². The first-order valence-electron chi connectivity index (χ1n) is 10.3. The third-order valence-corrected chi connectivity index (χ3v) is 7.18. The van der Waals surface area contributed by atoms with Crippen molar-refractivity contribution in [2.24, 2.45) is 0 Å². The number of aromatic amines is 1. The molecule has 0 radical (unpaired) electrons. The maximum atomic E-state index is 12.6. The number of hydrogen-bond acceptors (Lipinski definition) is 7. The van der Waals surface area contributed by atoms with E-state index >= 15 is 0 Å². The van der Waals surface area contributed by atoms with Gasteiger partial charge in [0.15, 0.2) is 0 Å². The molecule has 10 nitrogen and oxygen atoms in total. The number of nitrogens with zero attached hydrogens (tertiary/aromatic N) is 1. The van der Waals surface area contributed by atoms with E-state index in [4.69, 9.17) is 14.6 Å². The third-order valence-electron chi connectivity index (χ3n) is 4.11. The average molecular weight is 551 g/mol. The number of carbonyl (C=O) groups is 2. The molecule has 0 aromatic carbocycles. The Bertz CT molecular complexity index is 1330. The zero-order chi connectivity index (χ0) is 27.3. The Morgan fingerprint density at radius 1 is 1.17 bits per heavy atom. The Morgan fingerprint density at radius 2 is 1.81 bits per heavy atom. The first kappa shape index (κ1) is 29.1. The highest BCUT2D eigenvalue weighted by Gasteiger charge is 2.38. The van der Waals surface area contributed by atoms with Crippen LogP contribution < -0.4 is 10.0 Å². The van der Waals surface area contributed by atoms with Crippen molar-refractivity contribution in [3.05, 3.63) is 36.2 Å². The summed E-state index contributed by atoms with van der Waals surface area (Å²) in [4.78, 5) is 28.8. The van der Waals surface area contributed by atoms with Crippen LogP contribution in [0.2, 0.25) is 0 Å². The number of rotatable bonds is 6. The quantitative estimate of drug-likeness (QED) is 0.338. The number of sulfonamides is 1. The van der Waals surface area contributed by atoms with Gasteiger partial charge in [-0.2, -0.15) is 13.2 Å². The maximum absolute atomic E-state index is 12.6. The number of carboxylic acid groups (broad SMARTS) is 1. The number of thiophene rings is 1. The molecule has 0 unspecified atom stereocenters. The molecule has 0 aliphatic carbocycles. The summed E-state index contributed by atoms with van der Waals surface area (Å²) >= 11 is 1.19. The van der Waals surface area contributed by atoms with Crippen molar-refractivity contribution in [1.82, 2.24) is 20.0 Å². The number of fused-ring (bicyclic) bond motifs is 1. The van der Waals surface area contributed by atoms with E-state index in [9.17, 15) is 26.4 Å². The smallest absolute Gasteiger partial charge is 0.475 e. The molecular weight excluding hydrogens is 525 g/mol. The number of carbonyl (C=O) groups excluding carboxylic acids is 1. The second kappa shape index (κ2) is 11.3. The predicted octanol–water partition coefficient (Wildman–Crippen LogP) is 4.04. The third kappa shape index (κ3) is 8.49. The maximum Gasteiger partial charge on any atom is 0.490 e. The van der Waals surface area contributed by atoms with Crippen LogP contribution >= 0.6 is 11.3 Å².